The summed E-state index contributed by atoms with van der Waals surface area (Å²) >= 11 is -2.30. The maximum Gasteiger partial charge on any atom is 0.316 e. The highest BCUT2D eigenvalue weighted by Crippen LogP contribution is 2.12. The van der Waals surface area contributed by atoms with Crippen LogP contribution in [0.2, 0.25) is 0 Å². The average molecular weight is 199 g/mol. The summed E-state index contributed by atoms with van der Waals surface area (Å²) < 4.78 is 21.0. The first-order chi connectivity index (χ1) is 6.09. The molecule has 0 fully saturated rings. The van der Waals surface area contributed by atoms with Crippen LogP contribution in [0.25, 0.3) is 0 Å². The van der Waals surface area contributed by atoms with Crippen LogP contribution in [0, 0.1) is 0 Å². The van der Waals surface area contributed by atoms with E-state index < -0.39 is 17.1 Å². The number of anilines is 1. The van der Waals surface area contributed by atoms with Crippen LogP contribution < -0.4 is 11.1 Å². The lowest BCUT2D eigenvalue weighted by Gasteiger charge is -2.07. The van der Waals surface area contributed by atoms with Crippen molar-refractivity contribution in [3.05, 3.63) is 24.3 Å². The van der Waals surface area contributed by atoms with E-state index in [9.17, 15) is 13.6 Å². The van der Waals surface area contributed by atoms with E-state index in [1.165, 1.54) is 18.2 Å². The molecule has 13 heavy (non-hydrogen) atoms. The van der Waals surface area contributed by atoms with Crippen LogP contribution in [0.15, 0.2) is 29.2 Å². The third-order valence-electron chi connectivity index (χ3n) is 1.29. The first kappa shape index (κ1) is 9.69. The van der Waals surface area contributed by atoms with E-state index >= 15 is 0 Å². The molecule has 3 N–H and O–H groups in total. The minimum atomic E-state index is -2.30. The SMILES string of the molecule is NC(=O)Nc1cccc(S(=O)[O-])c1. The van der Waals surface area contributed by atoms with Gasteiger partial charge in [-0.1, -0.05) is 6.07 Å². The fourth-order valence-corrected chi connectivity index (χ4v) is 1.23. The fourth-order valence-electron chi connectivity index (χ4n) is 0.820. The summed E-state index contributed by atoms with van der Waals surface area (Å²) in [6.07, 6.45) is 0. The Morgan fingerprint density at radius 2 is 2.23 bits per heavy atom. The zero-order valence-corrected chi connectivity index (χ0v) is 7.34. The number of urea groups is 1. The van der Waals surface area contributed by atoms with Crippen molar-refractivity contribution in [2.45, 2.75) is 4.90 Å². The highest BCUT2D eigenvalue weighted by atomic mass is 32.2. The summed E-state index contributed by atoms with van der Waals surface area (Å²) in [5.41, 5.74) is 5.20. The maximum absolute atomic E-state index is 10.5. The summed E-state index contributed by atoms with van der Waals surface area (Å²) in [7, 11) is 0. The van der Waals surface area contributed by atoms with E-state index in [4.69, 9.17) is 5.73 Å². The van der Waals surface area contributed by atoms with Gasteiger partial charge >= 0.3 is 6.03 Å². The van der Waals surface area contributed by atoms with Gasteiger partial charge in [0.2, 0.25) is 0 Å². The molecule has 1 rings (SSSR count). The Morgan fingerprint density at radius 3 is 2.77 bits per heavy atom. The molecule has 1 unspecified atom stereocenters. The lowest BCUT2D eigenvalue weighted by atomic mass is 10.3. The molecule has 0 saturated carbocycles. The molecule has 0 aromatic heterocycles. The van der Waals surface area contributed by atoms with Crippen molar-refractivity contribution in [2.75, 3.05) is 5.32 Å². The second-order valence-corrected chi connectivity index (χ2v) is 3.19. The Bertz CT molecular complexity index is 353. The number of carbonyl (C=O) groups excluding carboxylic acids is 1. The predicted octanol–water partition coefficient (Wildman–Crippen LogP) is 0.415. The van der Waals surface area contributed by atoms with E-state index in [2.05, 4.69) is 5.32 Å². The quantitative estimate of drug-likeness (QED) is 0.675. The molecule has 0 heterocycles. The molecule has 0 bridgehead atoms. The number of nitrogens with two attached hydrogens (primary N) is 1. The van der Waals surface area contributed by atoms with Crippen LogP contribution in [-0.4, -0.2) is 14.8 Å². The van der Waals surface area contributed by atoms with E-state index in [1.54, 1.807) is 6.07 Å². The molecule has 1 aromatic rings. The molecule has 5 nitrogen and oxygen atoms in total. The molecule has 0 aliphatic carbocycles. The van der Waals surface area contributed by atoms with Crippen molar-refractivity contribution >= 4 is 22.8 Å². The third kappa shape index (κ3) is 2.85. The van der Waals surface area contributed by atoms with Crippen LogP contribution in [0.1, 0.15) is 0 Å². The average Bonchev–Trinajstić information content (AvgIpc) is 2.03. The third-order valence-corrected chi connectivity index (χ3v) is 1.93. The number of rotatable bonds is 2. The van der Waals surface area contributed by atoms with Gasteiger partial charge in [0.05, 0.1) is 0 Å². The molecule has 1 aromatic carbocycles. The molecule has 0 aliphatic heterocycles. The summed E-state index contributed by atoms with van der Waals surface area (Å²) in [5.74, 6) is 0. The molecule has 6 heteroatoms. The van der Waals surface area contributed by atoms with Crippen molar-refractivity contribution < 1.29 is 13.6 Å². The van der Waals surface area contributed by atoms with Crippen molar-refractivity contribution in [1.82, 2.24) is 0 Å². The maximum atomic E-state index is 10.5. The molecular weight excluding hydrogens is 192 g/mol. The topological polar surface area (TPSA) is 95.2 Å². The lowest BCUT2D eigenvalue weighted by molar-refractivity contribution is 0.259. The summed E-state index contributed by atoms with van der Waals surface area (Å²) in [6.45, 7) is 0. The molecule has 70 valence electrons. The largest absolute Gasteiger partial charge is 0.768 e. The fraction of sp³-hybridized carbons (Fsp3) is 0. The van der Waals surface area contributed by atoms with Gasteiger partial charge in [0.15, 0.2) is 0 Å². The van der Waals surface area contributed by atoms with Gasteiger partial charge in [-0.15, -0.1) is 0 Å². The van der Waals surface area contributed by atoms with Gasteiger partial charge < -0.3 is 15.6 Å². The number of carbonyl (C=O) groups is 1. The second kappa shape index (κ2) is 4.01. The van der Waals surface area contributed by atoms with Crippen LogP contribution in [0.5, 0.6) is 0 Å². The monoisotopic (exact) mass is 199 g/mol. The molecule has 0 saturated heterocycles. The Hall–Kier alpha value is -1.40. The van der Waals surface area contributed by atoms with Crippen molar-refractivity contribution in [2.24, 2.45) is 5.73 Å². The first-order valence-corrected chi connectivity index (χ1v) is 4.43. The van der Waals surface area contributed by atoms with E-state index in [-0.39, 0.29) is 4.90 Å². The normalized spacial score (nSPS) is 12.1. The molecule has 2 amide bonds. The molecule has 0 radical (unpaired) electrons. The number of nitrogens with one attached hydrogen (secondary N) is 1. The summed E-state index contributed by atoms with van der Waals surface area (Å²) in [5, 5.41) is 2.27. The van der Waals surface area contributed by atoms with Gasteiger partial charge in [0.1, 0.15) is 0 Å². The highest BCUT2D eigenvalue weighted by Gasteiger charge is 1.97. The van der Waals surface area contributed by atoms with E-state index in [0.717, 1.165) is 0 Å². The van der Waals surface area contributed by atoms with Crippen molar-refractivity contribution in [3.8, 4) is 0 Å². The zero-order valence-electron chi connectivity index (χ0n) is 6.52. The van der Waals surface area contributed by atoms with Crippen LogP contribution in [0.3, 0.4) is 0 Å². The number of benzene rings is 1. The minimum Gasteiger partial charge on any atom is -0.768 e. The smallest absolute Gasteiger partial charge is 0.316 e. The van der Waals surface area contributed by atoms with E-state index in [1.807, 2.05) is 0 Å². The van der Waals surface area contributed by atoms with E-state index in [0.29, 0.717) is 5.69 Å². The Balaban J connectivity index is 2.91. The summed E-state index contributed by atoms with van der Waals surface area (Å²) in [6, 6.07) is 5.05. The number of primary amides is 1. The zero-order chi connectivity index (χ0) is 9.84. The van der Waals surface area contributed by atoms with Gasteiger partial charge in [-0.05, 0) is 29.3 Å². The standard InChI is InChI=1S/C7H8N2O3S/c8-7(10)9-5-2-1-3-6(4-5)13(11)12/h1-4H,(H,11,12)(H3,8,9,10)/p-1. The summed E-state index contributed by atoms with van der Waals surface area (Å²) in [4.78, 5) is 10.5. The van der Waals surface area contributed by atoms with Gasteiger partial charge in [0.25, 0.3) is 0 Å². The van der Waals surface area contributed by atoms with Crippen LogP contribution in [-0.2, 0) is 11.1 Å². The molecular formula is C7H7N2O3S-. The van der Waals surface area contributed by atoms with Gasteiger partial charge in [-0.2, -0.15) is 0 Å². The number of amides is 2. The predicted molar refractivity (Wildman–Crippen MR) is 46.8 cm³/mol. The molecule has 1 atom stereocenters. The molecule has 0 spiro atoms. The Morgan fingerprint density at radius 1 is 1.54 bits per heavy atom. The van der Waals surface area contributed by atoms with Crippen LogP contribution in [0.4, 0.5) is 10.5 Å². The second-order valence-electron chi connectivity index (χ2n) is 2.25. The van der Waals surface area contributed by atoms with Gasteiger partial charge in [-0.3, -0.25) is 4.21 Å². The first-order valence-electron chi connectivity index (χ1n) is 3.35. The van der Waals surface area contributed by atoms with Crippen molar-refractivity contribution in [1.29, 1.82) is 0 Å². The Labute approximate surface area is 77.2 Å². The lowest BCUT2D eigenvalue weighted by Crippen LogP contribution is -2.19. The minimum absolute atomic E-state index is 0.103. The highest BCUT2D eigenvalue weighted by molar-refractivity contribution is 7.79. The number of hydrogen-bond donors (Lipinski definition) is 2. The van der Waals surface area contributed by atoms with Crippen LogP contribution >= 0.6 is 0 Å². The van der Waals surface area contributed by atoms with Crippen molar-refractivity contribution in [3.63, 3.8) is 0 Å². The van der Waals surface area contributed by atoms with Gasteiger partial charge in [-0.25, -0.2) is 4.79 Å². The van der Waals surface area contributed by atoms with Gasteiger partial charge in [0, 0.05) is 10.6 Å². The Kier molecular flexibility index (Phi) is 2.99. The molecule has 0 aliphatic rings. The number of hydrogen-bond acceptors (Lipinski definition) is 3.